The van der Waals surface area contributed by atoms with Crippen LogP contribution >= 0.6 is 0 Å². The van der Waals surface area contributed by atoms with Crippen molar-refractivity contribution in [3.63, 3.8) is 0 Å². The fourth-order valence-electron chi connectivity index (χ4n) is 3.46. The third-order valence-electron chi connectivity index (χ3n) is 5.49. The average Bonchev–Trinajstić information content (AvgIpc) is 2.81. The molecule has 1 aliphatic rings. The Labute approximate surface area is 195 Å². The summed E-state index contributed by atoms with van der Waals surface area (Å²) in [6.07, 6.45) is -6.59. The summed E-state index contributed by atoms with van der Waals surface area (Å²) in [4.78, 5) is 12.2. The van der Waals surface area contributed by atoms with Gasteiger partial charge in [0.25, 0.3) is 0 Å². The van der Waals surface area contributed by atoms with Crippen LogP contribution in [0, 0.1) is 0 Å². The number of benzene rings is 2. The second-order valence-electron chi connectivity index (χ2n) is 8.13. The molecule has 2 aromatic carbocycles. The Morgan fingerprint density at radius 2 is 1.59 bits per heavy atom. The molecule has 0 amide bonds. The lowest BCUT2D eigenvalue weighted by molar-refractivity contribution is -0.310. The summed E-state index contributed by atoms with van der Waals surface area (Å²) in [6.45, 7) is 1.21. The highest BCUT2D eigenvalue weighted by molar-refractivity contribution is 5.91. The van der Waals surface area contributed by atoms with Crippen LogP contribution in [0.4, 0.5) is 0 Å². The van der Waals surface area contributed by atoms with Gasteiger partial charge in [-0.15, -0.1) is 0 Å². The first-order valence-electron chi connectivity index (χ1n) is 10.6. The van der Waals surface area contributed by atoms with Gasteiger partial charge in [-0.3, -0.25) is 0 Å². The van der Waals surface area contributed by atoms with Gasteiger partial charge < -0.3 is 50.0 Å². The van der Waals surface area contributed by atoms with Crippen molar-refractivity contribution in [2.45, 2.75) is 56.6 Å². The number of carbonyl (C=O) groups excluding carboxylic acids is 1. The maximum Gasteiger partial charge on any atom is 0.338 e. The van der Waals surface area contributed by atoms with E-state index in [-0.39, 0.29) is 11.3 Å². The summed E-state index contributed by atoms with van der Waals surface area (Å²) in [7, 11) is 0. The van der Waals surface area contributed by atoms with Crippen LogP contribution in [0.15, 0.2) is 36.4 Å². The molecule has 11 nitrogen and oxygen atoms in total. The Kier molecular flexibility index (Phi) is 8.18. The van der Waals surface area contributed by atoms with E-state index in [2.05, 4.69) is 0 Å². The number of aryl methyl sites for hydroxylation is 1. The van der Waals surface area contributed by atoms with E-state index in [4.69, 9.17) is 14.2 Å². The molecule has 3 rings (SSSR count). The molecule has 0 saturated carbocycles. The number of phenolic OH excluding ortho intramolecular Hbond substituents is 4. The van der Waals surface area contributed by atoms with Crippen molar-refractivity contribution < 1.29 is 54.8 Å². The number of esters is 1. The second kappa shape index (κ2) is 10.9. The SMILES string of the molecule is C[C@H](CCc1ccc(O)cc1)O[C@H]1O[C@H](COC(=O)c2cc(O)c(O)c(O)c2)[C@@H](O)[C@@H](O)[C@@H]1O. The fraction of sp³-hybridized carbons (Fsp3) is 0.435. The zero-order chi connectivity index (χ0) is 25.0. The molecule has 1 aliphatic heterocycles. The van der Waals surface area contributed by atoms with E-state index in [1.165, 1.54) is 0 Å². The maximum atomic E-state index is 12.2. The minimum absolute atomic E-state index is 0.157. The normalized spacial score (nSPS) is 25.6. The molecule has 2 aromatic rings. The fourth-order valence-corrected chi connectivity index (χ4v) is 3.46. The molecule has 1 heterocycles. The summed E-state index contributed by atoms with van der Waals surface area (Å²) in [5.41, 5.74) is 0.694. The summed E-state index contributed by atoms with van der Waals surface area (Å²) in [5, 5.41) is 68.5. The van der Waals surface area contributed by atoms with Crippen LogP contribution in [0.3, 0.4) is 0 Å². The van der Waals surface area contributed by atoms with Crippen LogP contribution in [-0.2, 0) is 20.6 Å². The van der Waals surface area contributed by atoms with Gasteiger partial charge in [0.15, 0.2) is 23.5 Å². The molecule has 0 aromatic heterocycles. The lowest BCUT2D eigenvalue weighted by atomic mass is 9.99. The van der Waals surface area contributed by atoms with Gasteiger partial charge in [-0.05, 0) is 49.6 Å². The molecule has 7 N–H and O–H groups in total. The van der Waals surface area contributed by atoms with Crippen LogP contribution in [0.25, 0.3) is 0 Å². The lowest BCUT2D eigenvalue weighted by Gasteiger charge is -2.40. The van der Waals surface area contributed by atoms with Crippen LogP contribution in [0.2, 0.25) is 0 Å². The minimum Gasteiger partial charge on any atom is -0.508 e. The van der Waals surface area contributed by atoms with E-state index < -0.39 is 66.6 Å². The number of hydrogen-bond donors (Lipinski definition) is 7. The molecule has 0 radical (unpaired) electrons. The number of carbonyl (C=O) groups is 1. The predicted octanol–water partition coefficient (Wildman–Crippen LogP) is 0.511. The van der Waals surface area contributed by atoms with Crippen molar-refractivity contribution in [2.75, 3.05) is 6.61 Å². The van der Waals surface area contributed by atoms with Gasteiger partial charge in [-0.1, -0.05) is 12.1 Å². The number of rotatable bonds is 8. The molecule has 1 fully saturated rings. The number of ether oxygens (including phenoxy) is 3. The molecular formula is C23H28O11. The van der Waals surface area contributed by atoms with Gasteiger partial charge in [0, 0.05) is 0 Å². The second-order valence-corrected chi connectivity index (χ2v) is 8.13. The third-order valence-corrected chi connectivity index (χ3v) is 5.49. The van der Waals surface area contributed by atoms with E-state index in [1.807, 2.05) is 0 Å². The van der Waals surface area contributed by atoms with Crippen molar-refractivity contribution in [3.05, 3.63) is 47.5 Å². The largest absolute Gasteiger partial charge is 0.508 e. The third kappa shape index (κ3) is 6.07. The lowest BCUT2D eigenvalue weighted by Crippen LogP contribution is -2.59. The van der Waals surface area contributed by atoms with Crippen LogP contribution < -0.4 is 0 Å². The van der Waals surface area contributed by atoms with Crippen molar-refractivity contribution >= 4 is 5.97 Å². The van der Waals surface area contributed by atoms with Crippen LogP contribution in [-0.4, -0.2) is 85.1 Å². The predicted molar refractivity (Wildman–Crippen MR) is 115 cm³/mol. The maximum absolute atomic E-state index is 12.2. The first-order chi connectivity index (χ1) is 16.1. The number of aliphatic hydroxyl groups is 3. The van der Waals surface area contributed by atoms with Gasteiger partial charge >= 0.3 is 5.97 Å². The standard InChI is InChI=1S/C23H28O11/c1-11(2-3-12-4-6-14(24)7-5-12)33-23-21(30)20(29)19(28)17(34-23)10-32-22(31)13-8-15(25)18(27)16(26)9-13/h4-9,11,17,19-21,23-30H,2-3,10H2,1H3/t11-,17-,19-,20-,21+,23+/m1/s1. The zero-order valence-corrected chi connectivity index (χ0v) is 18.3. The van der Waals surface area contributed by atoms with E-state index in [0.717, 1.165) is 17.7 Å². The highest BCUT2D eigenvalue weighted by Gasteiger charge is 2.45. The Morgan fingerprint density at radius 1 is 0.971 bits per heavy atom. The van der Waals surface area contributed by atoms with Crippen molar-refractivity contribution in [3.8, 4) is 23.0 Å². The van der Waals surface area contributed by atoms with Gasteiger partial charge in [0.1, 0.15) is 36.8 Å². The number of aromatic hydroxyl groups is 4. The van der Waals surface area contributed by atoms with Gasteiger partial charge in [-0.25, -0.2) is 4.79 Å². The Hall–Kier alpha value is -3.09. The topological polar surface area (TPSA) is 186 Å². The molecular weight excluding hydrogens is 452 g/mol. The molecule has 34 heavy (non-hydrogen) atoms. The first kappa shape index (κ1) is 25.5. The molecule has 0 unspecified atom stereocenters. The van der Waals surface area contributed by atoms with E-state index >= 15 is 0 Å². The Bertz CT molecular complexity index is 954. The number of aliphatic hydroxyl groups excluding tert-OH is 3. The van der Waals surface area contributed by atoms with Gasteiger partial charge in [0.05, 0.1) is 11.7 Å². The molecule has 0 bridgehead atoms. The quantitative estimate of drug-likeness (QED) is 0.206. The molecule has 11 heteroatoms. The summed E-state index contributed by atoms with van der Waals surface area (Å²) >= 11 is 0. The van der Waals surface area contributed by atoms with E-state index in [1.54, 1.807) is 31.2 Å². The monoisotopic (exact) mass is 480 g/mol. The van der Waals surface area contributed by atoms with Crippen molar-refractivity contribution in [2.24, 2.45) is 0 Å². The summed E-state index contributed by atoms with van der Waals surface area (Å²) in [5.74, 6) is -3.09. The molecule has 0 spiro atoms. The minimum atomic E-state index is -1.63. The van der Waals surface area contributed by atoms with Gasteiger partial charge in [0.2, 0.25) is 0 Å². The van der Waals surface area contributed by atoms with Crippen molar-refractivity contribution in [1.82, 2.24) is 0 Å². The van der Waals surface area contributed by atoms with Crippen molar-refractivity contribution in [1.29, 1.82) is 0 Å². The van der Waals surface area contributed by atoms with E-state index in [0.29, 0.717) is 12.8 Å². The molecule has 1 saturated heterocycles. The zero-order valence-electron chi connectivity index (χ0n) is 18.3. The van der Waals surface area contributed by atoms with E-state index in [9.17, 15) is 40.5 Å². The van der Waals surface area contributed by atoms with Crippen LogP contribution in [0.1, 0.15) is 29.3 Å². The molecule has 6 atom stereocenters. The van der Waals surface area contributed by atoms with Crippen LogP contribution in [0.5, 0.6) is 23.0 Å². The molecule has 0 aliphatic carbocycles. The molecule has 186 valence electrons. The first-order valence-corrected chi connectivity index (χ1v) is 10.6. The highest BCUT2D eigenvalue weighted by Crippen LogP contribution is 2.35. The Balaban J connectivity index is 1.57. The summed E-state index contributed by atoms with van der Waals surface area (Å²) < 4.78 is 16.3. The Morgan fingerprint density at radius 3 is 2.21 bits per heavy atom. The van der Waals surface area contributed by atoms with Gasteiger partial charge in [-0.2, -0.15) is 0 Å². The summed E-state index contributed by atoms with van der Waals surface area (Å²) in [6, 6.07) is 8.45. The number of phenols is 4. The highest BCUT2D eigenvalue weighted by atomic mass is 16.7. The smallest absolute Gasteiger partial charge is 0.338 e. The number of hydrogen-bond acceptors (Lipinski definition) is 11. The average molecular weight is 480 g/mol.